The zero-order valence-corrected chi connectivity index (χ0v) is 12.0. The van der Waals surface area contributed by atoms with Gasteiger partial charge in [-0.05, 0) is 46.7 Å². The monoisotopic (exact) mass is 332 g/mol. The fourth-order valence-corrected chi connectivity index (χ4v) is 2.18. The second-order valence-electron chi connectivity index (χ2n) is 4.12. The number of unbranched alkanes of at least 4 members (excludes halogenated alkanes) is 3. The second kappa shape index (κ2) is 8.03. The van der Waals surface area contributed by atoms with E-state index in [9.17, 15) is 0 Å². The van der Waals surface area contributed by atoms with E-state index in [0.717, 1.165) is 6.42 Å². The summed E-state index contributed by atoms with van der Waals surface area (Å²) in [7, 11) is 0. The zero-order chi connectivity index (χ0) is 11.8. The Labute approximate surface area is 112 Å². The lowest BCUT2D eigenvalue weighted by Gasteiger charge is -2.16. The molecule has 1 rings (SSSR count). The number of hydrogen-bond donors (Lipinski definition) is 2. The molecule has 16 heavy (non-hydrogen) atoms. The molecule has 0 spiro atoms. The molecular weight excluding hydrogens is 311 g/mol. The molecule has 3 heteroatoms. The van der Waals surface area contributed by atoms with Gasteiger partial charge in [0.25, 0.3) is 0 Å². The van der Waals surface area contributed by atoms with Crippen molar-refractivity contribution in [1.82, 2.24) is 5.43 Å². The van der Waals surface area contributed by atoms with E-state index >= 15 is 0 Å². The van der Waals surface area contributed by atoms with Crippen LogP contribution in [-0.2, 0) is 0 Å². The second-order valence-corrected chi connectivity index (χ2v) is 5.37. The molecule has 0 aliphatic heterocycles. The van der Waals surface area contributed by atoms with Gasteiger partial charge in [-0.3, -0.25) is 11.3 Å². The molecule has 1 aromatic carbocycles. The largest absolute Gasteiger partial charge is 0.271 e. The summed E-state index contributed by atoms with van der Waals surface area (Å²) >= 11 is 2.32. The molecule has 0 saturated heterocycles. The number of hydrazine groups is 1. The van der Waals surface area contributed by atoms with Gasteiger partial charge < -0.3 is 0 Å². The Balaban J connectivity index is 2.44. The number of halogens is 1. The van der Waals surface area contributed by atoms with Gasteiger partial charge in [0.1, 0.15) is 0 Å². The normalized spacial score (nSPS) is 12.7. The summed E-state index contributed by atoms with van der Waals surface area (Å²) in [4.78, 5) is 0. The van der Waals surface area contributed by atoms with Crippen LogP contribution in [-0.4, -0.2) is 0 Å². The van der Waals surface area contributed by atoms with Gasteiger partial charge in [-0.2, -0.15) is 0 Å². The van der Waals surface area contributed by atoms with Gasteiger partial charge in [0, 0.05) is 9.61 Å². The van der Waals surface area contributed by atoms with Crippen LogP contribution in [0.1, 0.15) is 50.6 Å². The van der Waals surface area contributed by atoms with Crippen molar-refractivity contribution >= 4 is 22.6 Å². The minimum absolute atomic E-state index is 0.300. The number of hydrogen-bond acceptors (Lipinski definition) is 2. The quantitative estimate of drug-likeness (QED) is 0.345. The van der Waals surface area contributed by atoms with Crippen LogP contribution in [0.2, 0.25) is 0 Å². The van der Waals surface area contributed by atoms with Crippen molar-refractivity contribution in [1.29, 1.82) is 0 Å². The highest BCUT2D eigenvalue weighted by atomic mass is 127. The van der Waals surface area contributed by atoms with E-state index in [4.69, 9.17) is 5.84 Å². The van der Waals surface area contributed by atoms with Crippen molar-refractivity contribution < 1.29 is 0 Å². The first-order chi connectivity index (χ1) is 7.77. The molecule has 0 bridgehead atoms. The Morgan fingerprint density at radius 1 is 1.19 bits per heavy atom. The standard InChI is InChI=1S/C13H21IN2/c1-2-3-4-5-6-13(16-15)11-7-9-12(14)10-8-11/h7-10,13,16H,2-6,15H2,1H3. The maximum atomic E-state index is 5.61. The predicted octanol–water partition coefficient (Wildman–Crippen LogP) is 3.77. The summed E-state index contributed by atoms with van der Waals surface area (Å²) in [5.74, 6) is 5.61. The van der Waals surface area contributed by atoms with Gasteiger partial charge in [0.05, 0.1) is 0 Å². The van der Waals surface area contributed by atoms with Gasteiger partial charge in [-0.1, -0.05) is 44.7 Å². The van der Waals surface area contributed by atoms with Crippen LogP contribution in [0.4, 0.5) is 0 Å². The van der Waals surface area contributed by atoms with E-state index in [1.54, 1.807) is 0 Å². The SMILES string of the molecule is CCCCCCC(NN)c1ccc(I)cc1. The average molecular weight is 332 g/mol. The van der Waals surface area contributed by atoms with E-state index in [1.807, 2.05) is 0 Å². The van der Waals surface area contributed by atoms with Gasteiger partial charge in [-0.25, -0.2) is 0 Å². The summed E-state index contributed by atoms with van der Waals surface area (Å²) in [5, 5.41) is 0. The molecular formula is C13H21IN2. The minimum Gasteiger partial charge on any atom is -0.271 e. The number of nitrogens with one attached hydrogen (secondary N) is 1. The van der Waals surface area contributed by atoms with Crippen LogP contribution in [0.3, 0.4) is 0 Å². The molecule has 0 aliphatic rings. The van der Waals surface area contributed by atoms with Crippen LogP contribution in [0.25, 0.3) is 0 Å². The first-order valence-electron chi connectivity index (χ1n) is 5.99. The van der Waals surface area contributed by atoms with Gasteiger partial charge in [0.2, 0.25) is 0 Å². The van der Waals surface area contributed by atoms with Crippen molar-refractivity contribution in [2.75, 3.05) is 0 Å². The van der Waals surface area contributed by atoms with Crippen LogP contribution >= 0.6 is 22.6 Å². The van der Waals surface area contributed by atoms with E-state index in [1.165, 1.54) is 34.8 Å². The Kier molecular flexibility index (Phi) is 7.00. The fourth-order valence-electron chi connectivity index (χ4n) is 1.82. The topological polar surface area (TPSA) is 38.0 Å². The third-order valence-electron chi connectivity index (χ3n) is 2.82. The number of benzene rings is 1. The molecule has 90 valence electrons. The van der Waals surface area contributed by atoms with Crippen molar-refractivity contribution in [3.8, 4) is 0 Å². The molecule has 0 heterocycles. The van der Waals surface area contributed by atoms with Crippen molar-refractivity contribution in [3.05, 3.63) is 33.4 Å². The Morgan fingerprint density at radius 3 is 2.44 bits per heavy atom. The van der Waals surface area contributed by atoms with Crippen LogP contribution in [0, 0.1) is 3.57 Å². The molecule has 0 aromatic heterocycles. The molecule has 1 unspecified atom stereocenters. The van der Waals surface area contributed by atoms with E-state index in [0.29, 0.717) is 6.04 Å². The highest BCUT2D eigenvalue weighted by Gasteiger charge is 2.08. The number of rotatable bonds is 7. The average Bonchev–Trinajstić information content (AvgIpc) is 2.31. The van der Waals surface area contributed by atoms with Crippen molar-refractivity contribution in [2.24, 2.45) is 5.84 Å². The van der Waals surface area contributed by atoms with E-state index in [2.05, 4.69) is 59.2 Å². The molecule has 0 aliphatic carbocycles. The van der Waals surface area contributed by atoms with Gasteiger partial charge >= 0.3 is 0 Å². The molecule has 0 radical (unpaired) electrons. The lowest BCUT2D eigenvalue weighted by Crippen LogP contribution is -2.27. The first-order valence-corrected chi connectivity index (χ1v) is 7.07. The summed E-state index contributed by atoms with van der Waals surface area (Å²) in [6.45, 7) is 2.23. The Morgan fingerprint density at radius 2 is 1.88 bits per heavy atom. The maximum absolute atomic E-state index is 5.61. The molecule has 0 saturated carbocycles. The lowest BCUT2D eigenvalue weighted by molar-refractivity contribution is 0.482. The minimum atomic E-state index is 0.300. The molecule has 0 amide bonds. The van der Waals surface area contributed by atoms with Crippen LogP contribution in [0.15, 0.2) is 24.3 Å². The molecule has 0 fully saturated rings. The third-order valence-corrected chi connectivity index (χ3v) is 3.54. The molecule has 1 atom stereocenters. The summed E-state index contributed by atoms with van der Waals surface area (Å²) in [5.41, 5.74) is 4.20. The van der Waals surface area contributed by atoms with Crippen molar-refractivity contribution in [2.45, 2.75) is 45.1 Å². The summed E-state index contributed by atoms with van der Waals surface area (Å²) in [6.07, 6.45) is 6.28. The fraction of sp³-hybridized carbons (Fsp3) is 0.538. The van der Waals surface area contributed by atoms with E-state index in [-0.39, 0.29) is 0 Å². The summed E-state index contributed by atoms with van der Waals surface area (Å²) < 4.78 is 1.27. The highest BCUT2D eigenvalue weighted by molar-refractivity contribution is 14.1. The first kappa shape index (κ1) is 13.9. The Bertz CT molecular complexity index is 284. The molecule has 3 N–H and O–H groups in total. The van der Waals surface area contributed by atoms with Crippen molar-refractivity contribution in [3.63, 3.8) is 0 Å². The van der Waals surface area contributed by atoms with E-state index < -0.39 is 0 Å². The van der Waals surface area contributed by atoms with Gasteiger partial charge in [-0.15, -0.1) is 0 Å². The molecule has 1 aromatic rings. The van der Waals surface area contributed by atoms with Gasteiger partial charge in [0.15, 0.2) is 0 Å². The smallest absolute Gasteiger partial charge is 0.0460 e. The highest BCUT2D eigenvalue weighted by Crippen LogP contribution is 2.20. The Hall–Kier alpha value is -0.130. The zero-order valence-electron chi connectivity index (χ0n) is 9.88. The maximum Gasteiger partial charge on any atom is 0.0460 e. The lowest BCUT2D eigenvalue weighted by atomic mass is 10.0. The summed E-state index contributed by atoms with van der Waals surface area (Å²) in [6, 6.07) is 8.88. The predicted molar refractivity (Wildman–Crippen MR) is 78.0 cm³/mol. The number of nitrogens with two attached hydrogens (primary N) is 1. The molecule has 2 nitrogen and oxygen atoms in total. The third kappa shape index (κ3) is 4.80. The van der Waals surface area contributed by atoms with Crippen LogP contribution in [0.5, 0.6) is 0 Å². The van der Waals surface area contributed by atoms with Crippen LogP contribution < -0.4 is 11.3 Å².